The standard InChI is InChI=1S/C20H22F3N3OS/c1-27-18-4-2-3-17(13-18)24-19(28)26-11-9-25(10-12-26)14-15-5-7-16(8-6-15)20(21,22)23/h2-8,13H,9-12,14H2,1H3,(H,24,28). The summed E-state index contributed by atoms with van der Waals surface area (Å²) in [5.41, 5.74) is 1.13. The van der Waals surface area contributed by atoms with Crippen molar-refractivity contribution in [1.29, 1.82) is 0 Å². The average molecular weight is 409 g/mol. The predicted molar refractivity (Wildman–Crippen MR) is 108 cm³/mol. The monoisotopic (exact) mass is 409 g/mol. The van der Waals surface area contributed by atoms with Crippen LogP contribution < -0.4 is 10.1 Å². The highest BCUT2D eigenvalue weighted by Gasteiger charge is 2.30. The van der Waals surface area contributed by atoms with Crippen LogP contribution in [-0.2, 0) is 12.7 Å². The molecule has 0 aromatic heterocycles. The average Bonchev–Trinajstić information content (AvgIpc) is 2.68. The van der Waals surface area contributed by atoms with E-state index < -0.39 is 11.7 Å². The molecule has 28 heavy (non-hydrogen) atoms. The summed E-state index contributed by atoms with van der Waals surface area (Å²) in [7, 11) is 1.62. The van der Waals surface area contributed by atoms with Gasteiger partial charge >= 0.3 is 6.18 Å². The van der Waals surface area contributed by atoms with E-state index in [2.05, 4.69) is 15.1 Å². The molecule has 1 aliphatic heterocycles. The lowest BCUT2D eigenvalue weighted by atomic mass is 10.1. The Morgan fingerprint density at radius 2 is 1.75 bits per heavy atom. The van der Waals surface area contributed by atoms with E-state index in [9.17, 15) is 13.2 Å². The fourth-order valence-electron chi connectivity index (χ4n) is 3.07. The van der Waals surface area contributed by atoms with Gasteiger partial charge in [0, 0.05) is 44.5 Å². The van der Waals surface area contributed by atoms with Crippen molar-refractivity contribution >= 4 is 23.0 Å². The number of hydrogen-bond donors (Lipinski definition) is 1. The lowest BCUT2D eigenvalue weighted by Crippen LogP contribution is -2.49. The molecule has 2 aromatic carbocycles. The molecule has 0 bridgehead atoms. The van der Waals surface area contributed by atoms with Crippen molar-refractivity contribution in [3.8, 4) is 5.75 Å². The van der Waals surface area contributed by atoms with E-state index >= 15 is 0 Å². The van der Waals surface area contributed by atoms with Crippen LogP contribution >= 0.6 is 12.2 Å². The van der Waals surface area contributed by atoms with Crippen molar-refractivity contribution in [3.63, 3.8) is 0 Å². The second-order valence-corrected chi connectivity index (χ2v) is 7.01. The SMILES string of the molecule is COc1cccc(NC(=S)N2CCN(Cc3ccc(C(F)(F)F)cc3)CC2)c1. The number of nitrogens with zero attached hydrogens (tertiary/aromatic N) is 2. The maximum atomic E-state index is 12.7. The minimum Gasteiger partial charge on any atom is -0.497 e. The topological polar surface area (TPSA) is 27.7 Å². The third kappa shape index (κ3) is 5.36. The second-order valence-electron chi connectivity index (χ2n) is 6.62. The molecule has 4 nitrogen and oxygen atoms in total. The normalized spacial score (nSPS) is 15.4. The molecule has 1 saturated heterocycles. The maximum absolute atomic E-state index is 12.7. The summed E-state index contributed by atoms with van der Waals surface area (Å²) in [5, 5.41) is 3.88. The molecule has 0 amide bonds. The second kappa shape index (κ2) is 8.79. The van der Waals surface area contributed by atoms with Gasteiger partial charge in [-0.3, -0.25) is 4.90 Å². The number of ether oxygens (including phenoxy) is 1. The smallest absolute Gasteiger partial charge is 0.416 e. The van der Waals surface area contributed by atoms with Crippen LogP contribution in [0.1, 0.15) is 11.1 Å². The number of alkyl halides is 3. The van der Waals surface area contributed by atoms with Crippen molar-refractivity contribution in [1.82, 2.24) is 9.80 Å². The van der Waals surface area contributed by atoms with E-state index in [1.807, 2.05) is 24.3 Å². The summed E-state index contributed by atoms with van der Waals surface area (Å²) in [5.74, 6) is 0.758. The number of hydrogen-bond acceptors (Lipinski definition) is 3. The Bertz CT molecular complexity index is 803. The summed E-state index contributed by atoms with van der Waals surface area (Å²) >= 11 is 5.50. The van der Waals surface area contributed by atoms with Crippen LogP contribution in [0.3, 0.4) is 0 Å². The molecule has 0 unspecified atom stereocenters. The Hall–Kier alpha value is -2.32. The van der Waals surface area contributed by atoms with Gasteiger partial charge in [0.1, 0.15) is 5.75 Å². The number of benzene rings is 2. The van der Waals surface area contributed by atoms with Crippen LogP contribution in [0.15, 0.2) is 48.5 Å². The Labute approximate surface area is 167 Å². The molecule has 0 atom stereocenters. The summed E-state index contributed by atoms with van der Waals surface area (Å²) in [4.78, 5) is 4.31. The molecular weight excluding hydrogens is 387 g/mol. The van der Waals surface area contributed by atoms with Crippen LogP contribution in [0, 0.1) is 0 Å². The third-order valence-corrected chi connectivity index (χ3v) is 5.03. The Kier molecular flexibility index (Phi) is 6.41. The quantitative estimate of drug-likeness (QED) is 0.763. The van der Waals surface area contributed by atoms with Gasteiger partial charge in [-0.25, -0.2) is 0 Å². The van der Waals surface area contributed by atoms with E-state index in [-0.39, 0.29) is 0 Å². The maximum Gasteiger partial charge on any atom is 0.416 e. The Morgan fingerprint density at radius 1 is 1.07 bits per heavy atom. The number of nitrogens with one attached hydrogen (secondary N) is 1. The molecule has 0 radical (unpaired) electrons. The number of methoxy groups -OCH3 is 1. The molecule has 1 heterocycles. The fourth-order valence-corrected chi connectivity index (χ4v) is 3.37. The van der Waals surface area contributed by atoms with E-state index in [4.69, 9.17) is 17.0 Å². The highest BCUT2D eigenvalue weighted by molar-refractivity contribution is 7.80. The fraction of sp³-hybridized carbons (Fsp3) is 0.350. The minimum atomic E-state index is -4.30. The molecule has 3 rings (SSSR count). The van der Waals surface area contributed by atoms with Gasteiger partial charge in [0.25, 0.3) is 0 Å². The van der Waals surface area contributed by atoms with Gasteiger partial charge in [-0.2, -0.15) is 13.2 Å². The first-order valence-corrected chi connectivity index (χ1v) is 9.34. The zero-order chi connectivity index (χ0) is 20.1. The number of halogens is 3. The van der Waals surface area contributed by atoms with Gasteiger partial charge in [0.05, 0.1) is 12.7 Å². The number of anilines is 1. The Morgan fingerprint density at radius 3 is 2.36 bits per heavy atom. The van der Waals surface area contributed by atoms with Crippen LogP contribution in [0.25, 0.3) is 0 Å². The molecule has 0 spiro atoms. The summed E-state index contributed by atoms with van der Waals surface area (Å²) in [6.45, 7) is 3.73. The molecule has 0 saturated carbocycles. The zero-order valence-electron chi connectivity index (χ0n) is 15.5. The first kappa shape index (κ1) is 20.4. The lowest BCUT2D eigenvalue weighted by Gasteiger charge is -2.36. The van der Waals surface area contributed by atoms with Crippen molar-refractivity contribution in [2.75, 3.05) is 38.6 Å². The first-order chi connectivity index (χ1) is 13.3. The van der Waals surface area contributed by atoms with E-state index in [1.54, 1.807) is 19.2 Å². The van der Waals surface area contributed by atoms with Gasteiger partial charge in [-0.1, -0.05) is 18.2 Å². The van der Waals surface area contributed by atoms with Gasteiger partial charge in [0.15, 0.2) is 5.11 Å². The molecule has 150 valence electrons. The van der Waals surface area contributed by atoms with Crippen molar-refractivity contribution in [2.45, 2.75) is 12.7 Å². The summed E-state index contributed by atoms with van der Waals surface area (Å²) in [6, 6.07) is 12.9. The van der Waals surface area contributed by atoms with E-state index in [1.165, 1.54) is 0 Å². The molecule has 1 fully saturated rings. The number of thiocarbonyl (C=S) groups is 1. The minimum absolute atomic E-state index is 0.616. The third-order valence-electron chi connectivity index (χ3n) is 4.67. The van der Waals surface area contributed by atoms with E-state index in [0.29, 0.717) is 11.7 Å². The van der Waals surface area contributed by atoms with Crippen LogP contribution in [-0.4, -0.2) is 48.2 Å². The molecule has 8 heteroatoms. The number of piperazine rings is 1. The van der Waals surface area contributed by atoms with Gasteiger partial charge < -0.3 is 15.0 Å². The van der Waals surface area contributed by atoms with Crippen LogP contribution in [0.5, 0.6) is 5.75 Å². The number of rotatable bonds is 4. The van der Waals surface area contributed by atoms with Crippen LogP contribution in [0.2, 0.25) is 0 Å². The van der Waals surface area contributed by atoms with Gasteiger partial charge in [-0.05, 0) is 42.0 Å². The summed E-state index contributed by atoms with van der Waals surface area (Å²) < 4.78 is 43.2. The lowest BCUT2D eigenvalue weighted by molar-refractivity contribution is -0.137. The highest BCUT2D eigenvalue weighted by Crippen LogP contribution is 2.29. The van der Waals surface area contributed by atoms with Crippen LogP contribution in [0.4, 0.5) is 18.9 Å². The summed E-state index contributed by atoms with van der Waals surface area (Å²) in [6.07, 6.45) is -4.30. The molecule has 0 aliphatic carbocycles. The van der Waals surface area contributed by atoms with Crippen molar-refractivity contribution in [3.05, 3.63) is 59.7 Å². The molecular formula is C20H22F3N3OS. The van der Waals surface area contributed by atoms with Crippen molar-refractivity contribution in [2.24, 2.45) is 0 Å². The first-order valence-electron chi connectivity index (χ1n) is 8.93. The molecule has 1 aliphatic rings. The largest absolute Gasteiger partial charge is 0.497 e. The predicted octanol–water partition coefficient (Wildman–Crippen LogP) is 4.23. The van der Waals surface area contributed by atoms with Gasteiger partial charge in [0.2, 0.25) is 0 Å². The van der Waals surface area contributed by atoms with Crippen molar-refractivity contribution < 1.29 is 17.9 Å². The zero-order valence-corrected chi connectivity index (χ0v) is 16.3. The van der Waals surface area contributed by atoms with E-state index in [0.717, 1.165) is 55.3 Å². The molecule has 2 aromatic rings. The highest BCUT2D eigenvalue weighted by atomic mass is 32.1. The Balaban J connectivity index is 1.49. The molecule has 1 N–H and O–H groups in total. The van der Waals surface area contributed by atoms with Gasteiger partial charge in [-0.15, -0.1) is 0 Å².